The first-order valence-electron chi connectivity index (χ1n) is 6.47. The van der Waals surface area contributed by atoms with Crippen LogP contribution in [0.4, 0.5) is 4.79 Å². The van der Waals surface area contributed by atoms with Crippen molar-refractivity contribution in [1.82, 2.24) is 5.32 Å². The van der Waals surface area contributed by atoms with Crippen LogP contribution < -0.4 is 10.1 Å². The summed E-state index contributed by atoms with van der Waals surface area (Å²) in [6.45, 7) is 4.30. The van der Waals surface area contributed by atoms with Crippen molar-refractivity contribution < 1.29 is 14.4 Å². The van der Waals surface area contributed by atoms with Gasteiger partial charge in [-0.05, 0) is 37.1 Å². The van der Waals surface area contributed by atoms with E-state index in [-0.39, 0.29) is 0 Å². The van der Waals surface area contributed by atoms with E-state index in [1.54, 1.807) is 20.1 Å². The SMILES string of the molecule is CCCNC(=O)O/N=C(C)/C=C/c1ccc(OC)cc1. The summed E-state index contributed by atoms with van der Waals surface area (Å²) in [6, 6.07) is 7.61. The van der Waals surface area contributed by atoms with Gasteiger partial charge < -0.3 is 10.1 Å². The van der Waals surface area contributed by atoms with Crippen molar-refractivity contribution >= 4 is 17.9 Å². The van der Waals surface area contributed by atoms with Gasteiger partial charge in [0.25, 0.3) is 0 Å². The number of carbonyl (C=O) groups is 1. The maximum atomic E-state index is 11.2. The molecule has 5 heteroatoms. The number of amides is 1. The first kappa shape index (κ1) is 15.8. The summed E-state index contributed by atoms with van der Waals surface area (Å²) in [5.74, 6) is 0.809. The average molecular weight is 276 g/mol. The van der Waals surface area contributed by atoms with Gasteiger partial charge in [-0.3, -0.25) is 4.84 Å². The van der Waals surface area contributed by atoms with E-state index in [1.807, 2.05) is 37.3 Å². The minimum atomic E-state index is -0.538. The Kier molecular flexibility index (Phi) is 6.89. The highest BCUT2D eigenvalue weighted by Crippen LogP contribution is 2.12. The molecule has 0 fully saturated rings. The molecule has 0 saturated carbocycles. The summed E-state index contributed by atoms with van der Waals surface area (Å²) in [4.78, 5) is 15.9. The van der Waals surface area contributed by atoms with E-state index >= 15 is 0 Å². The number of carbonyl (C=O) groups excluding carboxylic acids is 1. The van der Waals surface area contributed by atoms with Gasteiger partial charge >= 0.3 is 6.09 Å². The molecule has 0 aliphatic heterocycles. The Bertz CT molecular complexity index is 478. The molecule has 0 heterocycles. The molecular formula is C15H20N2O3. The fraction of sp³-hybridized carbons (Fsp3) is 0.333. The first-order valence-corrected chi connectivity index (χ1v) is 6.47. The minimum Gasteiger partial charge on any atom is -0.497 e. The molecule has 0 bridgehead atoms. The molecule has 0 radical (unpaired) electrons. The van der Waals surface area contributed by atoms with Crippen molar-refractivity contribution in [1.29, 1.82) is 0 Å². The van der Waals surface area contributed by atoms with E-state index in [9.17, 15) is 4.79 Å². The van der Waals surface area contributed by atoms with Crippen LogP contribution in [0.3, 0.4) is 0 Å². The summed E-state index contributed by atoms with van der Waals surface area (Å²) in [6.07, 6.45) is 3.97. The van der Waals surface area contributed by atoms with E-state index in [4.69, 9.17) is 9.57 Å². The molecule has 0 saturated heterocycles. The number of allylic oxidation sites excluding steroid dienone is 1. The Morgan fingerprint density at radius 3 is 2.65 bits per heavy atom. The van der Waals surface area contributed by atoms with Crippen molar-refractivity contribution in [2.24, 2.45) is 5.16 Å². The standard InChI is InChI=1S/C15H20N2O3/c1-4-11-16-15(18)20-17-12(2)5-6-13-7-9-14(19-3)10-8-13/h5-10H,4,11H2,1-3H3,(H,16,18)/b6-5+,17-12+. The molecule has 0 unspecified atom stereocenters. The molecule has 0 aromatic heterocycles. The highest BCUT2D eigenvalue weighted by atomic mass is 16.7. The third-order valence-electron chi connectivity index (χ3n) is 2.42. The number of nitrogens with one attached hydrogen (secondary N) is 1. The lowest BCUT2D eigenvalue weighted by molar-refractivity contribution is 0.151. The highest BCUT2D eigenvalue weighted by Gasteiger charge is 1.98. The first-order chi connectivity index (χ1) is 9.65. The molecule has 0 atom stereocenters. The summed E-state index contributed by atoms with van der Waals surface area (Å²) < 4.78 is 5.08. The van der Waals surface area contributed by atoms with E-state index < -0.39 is 6.09 Å². The molecule has 0 spiro atoms. The number of hydrogen-bond acceptors (Lipinski definition) is 4. The Hall–Kier alpha value is -2.30. The molecule has 5 nitrogen and oxygen atoms in total. The van der Waals surface area contributed by atoms with E-state index in [2.05, 4.69) is 10.5 Å². The second kappa shape index (κ2) is 8.74. The molecule has 1 N–H and O–H groups in total. The van der Waals surface area contributed by atoms with Crippen LogP contribution in [0, 0.1) is 0 Å². The number of nitrogens with zero attached hydrogens (tertiary/aromatic N) is 1. The van der Waals surface area contributed by atoms with Gasteiger partial charge in [-0.15, -0.1) is 0 Å². The van der Waals surface area contributed by atoms with Gasteiger partial charge in [-0.1, -0.05) is 30.3 Å². The van der Waals surface area contributed by atoms with Crippen molar-refractivity contribution in [3.05, 3.63) is 35.9 Å². The van der Waals surface area contributed by atoms with Crippen molar-refractivity contribution in [2.45, 2.75) is 20.3 Å². The lowest BCUT2D eigenvalue weighted by Crippen LogP contribution is -2.23. The number of benzene rings is 1. The molecule has 1 aromatic carbocycles. The summed E-state index contributed by atoms with van der Waals surface area (Å²) >= 11 is 0. The van der Waals surface area contributed by atoms with Gasteiger partial charge in [0, 0.05) is 6.54 Å². The predicted octanol–water partition coefficient (Wildman–Crippen LogP) is 3.22. The zero-order chi connectivity index (χ0) is 14.8. The third kappa shape index (κ3) is 6.04. The summed E-state index contributed by atoms with van der Waals surface area (Å²) in [5.41, 5.74) is 1.61. The zero-order valence-electron chi connectivity index (χ0n) is 12.1. The zero-order valence-corrected chi connectivity index (χ0v) is 12.1. The lowest BCUT2D eigenvalue weighted by atomic mass is 10.2. The van der Waals surface area contributed by atoms with Crippen LogP contribution in [0.1, 0.15) is 25.8 Å². The van der Waals surface area contributed by atoms with E-state index in [1.165, 1.54) is 0 Å². The lowest BCUT2D eigenvalue weighted by Gasteiger charge is -2.00. The van der Waals surface area contributed by atoms with Gasteiger partial charge in [-0.2, -0.15) is 0 Å². The Labute approximate surface area is 119 Å². The number of hydrogen-bond donors (Lipinski definition) is 1. The van der Waals surface area contributed by atoms with Crippen molar-refractivity contribution in [3.63, 3.8) is 0 Å². The summed E-state index contributed by atoms with van der Waals surface area (Å²) in [7, 11) is 1.63. The van der Waals surface area contributed by atoms with Crippen LogP contribution in [0.25, 0.3) is 6.08 Å². The van der Waals surface area contributed by atoms with Gasteiger partial charge in [0.2, 0.25) is 0 Å². The smallest absolute Gasteiger partial charge is 0.433 e. The minimum absolute atomic E-state index is 0.538. The monoisotopic (exact) mass is 276 g/mol. The number of methoxy groups -OCH3 is 1. The van der Waals surface area contributed by atoms with E-state index in [0.29, 0.717) is 12.3 Å². The van der Waals surface area contributed by atoms with Crippen LogP contribution in [0.2, 0.25) is 0 Å². The number of ether oxygens (including phenoxy) is 1. The largest absolute Gasteiger partial charge is 0.497 e. The molecule has 0 aliphatic carbocycles. The second-order valence-electron chi connectivity index (χ2n) is 4.14. The molecule has 0 aliphatic rings. The number of oxime groups is 1. The Morgan fingerprint density at radius 2 is 2.05 bits per heavy atom. The second-order valence-corrected chi connectivity index (χ2v) is 4.14. The van der Waals surface area contributed by atoms with Crippen molar-refractivity contribution in [2.75, 3.05) is 13.7 Å². The molecule has 108 valence electrons. The van der Waals surface area contributed by atoms with Crippen LogP contribution in [-0.4, -0.2) is 25.5 Å². The predicted molar refractivity (Wildman–Crippen MR) is 79.9 cm³/mol. The Balaban J connectivity index is 2.49. The van der Waals surface area contributed by atoms with Crippen LogP contribution >= 0.6 is 0 Å². The third-order valence-corrected chi connectivity index (χ3v) is 2.42. The van der Waals surface area contributed by atoms with Gasteiger partial charge in [0.15, 0.2) is 0 Å². The Morgan fingerprint density at radius 1 is 1.35 bits per heavy atom. The molecule has 1 aromatic rings. The highest BCUT2D eigenvalue weighted by molar-refractivity contribution is 5.96. The fourth-order valence-electron chi connectivity index (χ4n) is 1.34. The normalized spacial score (nSPS) is 11.4. The van der Waals surface area contributed by atoms with Crippen LogP contribution in [-0.2, 0) is 4.84 Å². The topological polar surface area (TPSA) is 59.9 Å². The quantitative estimate of drug-likeness (QED) is 0.493. The fourth-order valence-corrected chi connectivity index (χ4v) is 1.34. The molecular weight excluding hydrogens is 256 g/mol. The summed E-state index contributed by atoms with van der Waals surface area (Å²) in [5, 5.41) is 6.29. The van der Waals surface area contributed by atoms with Gasteiger partial charge in [-0.25, -0.2) is 4.79 Å². The van der Waals surface area contributed by atoms with Gasteiger partial charge in [0.1, 0.15) is 5.75 Å². The molecule has 1 amide bonds. The van der Waals surface area contributed by atoms with Gasteiger partial charge in [0.05, 0.1) is 12.8 Å². The molecule has 1 rings (SSSR count). The van der Waals surface area contributed by atoms with E-state index in [0.717, 1.165) is 17.7 Å². The van der Waals surface area contributed by atoms with Crippen molar-refractivity contribution in [3.8, 4) is 5.75 Å². The number of rotatable bonds is 6. The molecule has 20 heavy (non-hydrogen) atoms. The van der Waals surface area contributed by atoms with Crippen LogP contribution in [0.5, 0.6) is 5.75 Å². The maximum absolute atomic E-state index is 11.2. The average Bonchev–Trinajstić information content (AvgIpc) is 2.49. The van der Waals surface area contributed by atoms with Crippen LogP contribution in [0.15, 0.2) is 35.5 Å². The maximum Gasteiger partial charge on any atom is 0.433 e.